The Morgan fingerprint density at radius 3 is 2.72 bits per heavy atom. The Hall–Kier alpha value is -2.41. The third-order valence-corrected chi connectivity index (χ3v) is 4.65. The highest BCUT2D eigenvalue weighted by Crippen LogP contribution is 2.29. The number of amides is 1. The predicted octanol–water partition coefficient (Wildman–Crippen LogP) is 1.78. The van der Waals surface area contributed by atoms with Crippen LogP contribution in [0.15, 0.2) is 30.7 Å². The van der Waals surface area contributed by atoms with Crippen LogP contribution in [-0.2, 0) is 11.8 Å². The molecular formula is C18H25N5O2. The van der Waals surface area contributed by atoms with Gasteiger partial charge in [-0.05, 0) is 30.9 Å². The van der Waals surface area contributed by atoms with Crippen molar-refractivity contribution in [3.63, 3.8) is 0 Å². The van der Waals surface area contributed by atoms with Crippen LogP contribution in [0.2, 0.25) is 0 Å². The molecule has 0 spiro atoms. The van der Waals surface area contributed by atoms with Crippen molar-refractivity contribution in [2.45, 2.75) is 18.9 Å². The van der Waals surface area contributed by atoms with Gasteiger partial charge in [0.25, 0.3) is 5.91 Å². The topological polar surface area (TPSA) is 72.3 Å². The van der Waals surface area contributed by atoms with Gasteiger partial charge in [-0.15, -0.1) is 0 Å². The molecule has 3 heterocycles. The quantitative estimate of drug-likeness (QED) is 0.896. The first-order chi connectivity index (χ1) is 12.1. The molecule has 1 fully saturated rings. The van der Waals surface area contributed by atoms with Gasteiger partial charge in [0.05, 0.1) is 6.04 Å². The Morgan fingerprint density at radius 1 is 1.32 bits per heavy atom. The summed E-state index contributed by atoms with van der Waals surface area (Å²) < 4.78 is 7.43. The number of anilines is 1. The van der Waals surface area contributed by atoms with E-state index in [1.807, 2.05) is 42.9 Å². The Kier molecular flexibility index (Phi) is 5.33. The Balaban J connectivity index is 1.83. The third-order valence-electron chi connectivity index (χ3n) is 4.65. The van der Waals surface area contributed by atoms with Gasteiger partial charge in [0.15, 0.2) is 0 Å². The van der Waals surface area contributed by atoms with Crippen molar-refractivity contribution in [1.82, 2.24) is 19.9 Å². The van der Waals surface area contributed by atoms with E-state index in [9.17, 15) is 4.79 Å². The number of carbonyl (C=O) groups is 1. The molecule has 2 aromatic rings. The maximum Gasteiger partial charge on any atom is 0.270 e. The molecule has 1 N–H and O–H groups in total. The highest BCUT2D eigenvalue weighted by Gasteiger charge is 2.30. The van der Waals surface area contributed by atoms with Gasteiger partial charge in [-0.3, -0.25) is 9.78 Å². The zero-order chi connectivity index (χ0) is 17.8. The minimum absolute atomic E-state index is 0.152. The van der Waals surface area contributed by atoms with Crippen LogP contribution in [0.1, 0.15) is 35.2 Å². The molecule has 2 aromatic heterocycles. The van der Waals surface area contributed by atoms with Crippen molar-refractivity contribution in [2.75, 3.05) is 32.2 Å². The molecule has 1 aliphatic heterocycles. The lowest BCUT2D eigenvalue weighted by atomic mass is 9.91. The molecule has 0 saturated carbocycles. The molecule has 0 aromatic carbocycles. The molecule has 0 aliphatic carbocycles. The van der Waals surface area contributed by atoms with Gasteiger partial charge in [-0.1, -0.05) is 0 Å². The lowest BCUT2D eigenvalue weighted by Crippen LogP contribution is -2.37. The summed E-state index contributed by atoms with van der Waals surface area (Å²) in [5.74, 6) is 0.989. The Labute approximate surface area is 148 Å². The van der Waals surface area contributed by atoms with E-state index in [1.165, 1.54) is 0 Å². The molecule has 1 aliphatic rings. The van der Waals surface area contributed by atoms with Crippen LogP contribution in [0.4, 0.5) is 5.69 Å². The molecule has 1 saturated heterocycles. The fourth-order valence-electron chi connectivity index (χ4n) is 3.16. The number of rotatable bonds is 5. The summed E-state index contributed by atoms with van der Waals surface area (Å²) in [6.45, 7) is 1.44. The van der Waals surface area contributed by atoms with Gasteiger partial charge in [-0.25, -0.2) is 4.98 Å². The highest BCUT2D eigenvalue weighted by atomic mass is 16.5. The summed E-state index contributed by atoms with van der Waals surface area (Å²) >= 11 is 0. The van der Waals surface area contributed by atoms with E-state index in [0.29, 0.717) is 11.6 Å². The van der Waals surface area contributed by atoms with Crippen molar-refractivity contribution in [1.29, 1.82) is 0 Å². The van der Waals surface area contributed by atoms with Gasteiger partial charge in [-0.2, -0.15) is 0 Å². The number of nitrogens with one attached hydrogen (secondary N) is 1. The van der Waals surface area contributed by atoms with Crippen LogP contribution in [0.5, 0.6) is 0 Å². The van der Waals surface area contributed by atoms with E-state index < -0.39 is 0 Å². The number of nitrogens with zero attached hydrogens (tertiary/aromatic N) is 4. The minimum atomic E-state index is -0.178. The number of hydrogen-bond donors (Lipinski definition) is 1. The fraction of sp³-hybridized carbons (Fsp3) is 0.500. The lowest BCUT2D eigenvalue weighted by Gasteiger charge is -2.30. The van der Waals surface area contributed by atoms with Crippen LogP contribution in [0, 0.1) is 5.92 Å². The largest absolute Gasteiger partial charge is 0.381 e. The summed E-state index contributed by atoms with van der Waals surface area (Å²) in [5, 5.41) is 3.15. The second kappa shape index (κ2) is 7.65. The summed E-state index contributed by atoms with van der Waals surface area (Å²) in [7, 11) is 5.83. The van der Waals surface area contributed by atoms with Crippen LogP contribution in [0.3, 0.4) is 0 Å². The van der Waals surface area contributed by atoms with Gasteiger partial charge >= 0.3 is 0 Å². The molecule has 1 amide bonds. The van der Waals surface area contributed by atoms with Crippen LogP contribution in [-0.4, -0.2) is 47.8 Å². The van der Waals surface area contributed by atoms with E-state index in [2.05, 4.69) is 15.3 Å². The zero-order valence-electron chi connectivity index (χ0n) is 15.0. The zero-order valence-corrected chi connectivity index (χ0v) is 15.0. The third kappa shape index (κ3) is 3.99. The first-order valence-electron chi connectivity index (χ1n) is 8.55. The molecule has 7 heteroatoms. The fourth-order valence-corrected chi connectivity index (χ4v) is 3.16. The summed E-state index contributed by atoms with van der Waals surface area (Å²) in [5.41, 5.74) is 1.36. The SMILES string of the molecule is CN(C)c1ccnc(C(=O)N[C@H](c2nccn2C)C2CCOCC2)c1. The van der Waals surface area contributed by atoms with Gasteiger partial charge < -0.3 is 19.5 Å². The molecule has 3 rings (SSSR count). The predicted molar refractivity (Wildman–Crippen MR) is 95.5 cm³/mol. The lowest BCUT2D eigenvalue weighted by molar-refractivity contribution is 0.0498. The summed E-state index contributed by atoms with van der Waals surface area (Å²) in [4.78, 5) is 23.5. The maximum atomic E-state index is 12.8. The second-order valence-corrected chi connectivity index (χ2v) is 6.59. The average Bonchev–Trinajstić information content (AvgIpc) is 3.06. The number of aromatic nitrogens is 3. The second-order valence-electron chi connectivity index (χ2n) is 6.59. The number of hydrogen-bond acceptors (Lipinski definition) is 5. The number of pyridine rings is 1. The van der Waals surface area contributed by atoms with E-state index in [-0.39, 0.29) is 11.9 Å². The van der Waals surface area contributed by atoms with Crippen molar-refractivity contribution < 1.29 is 9.53 Å². The Bertz CT molecular complexity index is 722. The van der Waals surface area contributed by atoms with Gasteiger partial charge in [0.1, 0.15) is 11.5 Å². The molecular weight excluding hydrogens is 318 g/mol. The van der Waals surface area contributed by atoms with E-state index in [1.54, 1.807) is 18.5 Å². The van der Waals surface area contributed by atoms with Gasteiger partial charge in [0.2, 0.25) is 0 Å². The highest BCUT2D eigenvalue weighted by molar-refractivity contribution is 5.93. The molecule has 1 atom stereocenters. The molecule has 0 radical (unpaired) electrons. The number of aryl methyl sites for hydroxylation is 1. The smallest absolute Gasteiger partial charge is 0.270 e. The molecule has 0 bridgehead atoms. The Morgan fingerprint density at radius 2 is 2.08 bits per heavy atom. The van der Waals surface area contributed by atoms with E-state index in [0.717, 1.165) is 37.6 Å². The molecule has 0 unspecified atom stereocenters. The first-order valence-corrected chi connectivity index (χ1v) is 8.55. The number of imidazole rings is 1. The monoisotopic (exact) mass is 343 g/mol. The standard InChI is InChI=1S/C18H25N5O2/c1-22(2)14-4-7-19-15(12-14)18(24)21-16(13-5-10-25-11-6-13)17-20-8-9-23(17)3/h4,7-9,12-13,16H,5-6,10-11H2,1-3H3,(H,21,24)/t16-/m0/s1. The number of ether oxygens (including phenoxy) is 1. The van der Waals surface area contributed by atoms with Crippen molar-refractivity contribution in [3.05, 3.63) is 42.2 Å². The number of carbonyl (C=O) groups excluding carboxylic acids is 1. The average molecular weight is 343 g/mol. The maximum absolute atomic E-state index is 12.8. The molecule has 134 valence electrons. The summed E-state index contributed by atoms with van der Waals surface area (Å²) in [6.07, 6.45) is 7.14. The molecule has 7 nitrogen and oxygen atoms in total. The van der Waals surface area contributed by atoms with Crippen LogP contribution < -0.4 is 10.2 Å². The first kappa shape index (κ1) is 17.4. The molecule has 25 heavy (non-hydrogen) atoms. The van der Waals surface area contributed by atoms with Gasteiger partial charge in [0, 0.05) is 58.6 Å². The van der Waals surface area contributed by atoms with E-state index >= 15 is 0 Å². The van der Waals surface area contributed by atoms with Crippen LogP contribution >= 0.6 is 0 Å². The summed E-state index contributed by atoms with van der Waals surface area (Å²) in [6, 6.07) is 3.53. The van der Waals surface area contributed by atoms with Crippen molar-refractivity contribution in [2.24, 2.45) is 13.0 Å². The van der Waals surface area contributed by atoms with E-state index in [4.69, 9.17) is 4.74 Å². The minimum Gasteiger partial charge on any atom is -0.381 e. The van der Waals surface area contributed by atoms with Crippen molar-refractivity contribution >= 4 is 11.6 Å². The van der Waals surface area contributed by atoms with Crippen molar-refractivity contribution in [3.8, 4) is 0 Å². The normalized spacial score (nSPS) is 16.4. The van der Waals surface area contributed by atoms with Crippen LogP contribution in [0.25, 0.3) is 0 Å².